The maximum atomic E-state index is 9.76. The van der Waals surface area contributed by atoms with Crippen molar-refractivity contribution >= 4 is 0 Å². The zero-order chi connectivity index (χ0) is 10.4. The summed E-state index contributed by atoms with van der Waals surface area (Å²) in [7, 11) is 0. The molecule has 82 valence electrons. The molecule has 0 saturated heterocycles. The summed E-state index contributed by atoms with van der Waals surface area (Å²) < 4.78 is 0. The minimum Gasteiger partial charge on any atom is -0.392 e. The van der Waals surface area contributed by atoms with Gasteiger partial charge in [-0.2, -0.15) is 0 Å². The van der Waals surface area contributed by atoms with E-state index in [4.69, 9.17) is 0 Å². The van der Waals surface area contributed by atoms with Gasteiger partial charge in [0, 0.05) is 12.1 Å². The topological polar surface area (TPSA) is 32.3 Å². The number of aliphatic hydroxyl groups is 1. The van der Waals surface area contributed by atoms with E-state index in [1.807, 2.05) is 6.08 Å². The van der Waals surface area contributed by atoms with Crippen molar-refractivity contribution in [1.82, 2.24) is 5.32 Å². The molecular formula is C12H23NO. The van der Waals surface area contributed by atoms with Crippen molar-refractivity contribution in [2.75, 3.05) is 0 Å². The molecule has 0 heterocycles. The highest BCUT2D eigenvalue weighted by Crippen LogP contribution is 2.19. The highest BCUT2D eigenvalue weighted by molar-refractivity contribution is 4.83. The molecule has 2 N–H and O–H groups in total. The van der Waals surface area contributed by atoms with Crippen molar-refractivity contribution in [2.45, 2.75) is 63.6 Å². The van der Waals surface area contributed by atoms with E-state index >= 15 is 0 Å². The Hall–Kier alpha value is -0.340. The van der Waals surface area contributed by atoms with Gasteiger partial charge in [0.1, 0.15) is 0 Å². The van der Waals surface area contributed by atoms with Crippen molar-refractivity contribution in [2.24, 2.45) is 0 Å². The van der Waals surface area contributed by atoms with Crippen molar-refractivity contribution in [3.05, 3.63) is 12.7 Å². The molecule has 2 nitrogen and oxygen atoms in total. The molecule has 0 aromatic rings. The fourth-order valence-corrected chi connectivity index (χ4v) is 2.12. The number of hydrogen-bond acceptors (Lipinski definition) is 2. The van der Waals surface area contributed by atoms with Crippen LogP contribution >= 0.6 is 0 Å². The largest absolute Gasteiger partial charge is 0.392 e. The second-order valence-electron chi connectivity index (χ2n) is 4.39. The average Bonchev–Trinajstić information content (AvgIpc) is 2.18. The van der Waals surface area contributed by atoms with Gasteiger partial charge in [-0.3, -0.25) is 0 Å². The van der Waals surface area contributed by atoms with Crippen molar-refractivity contribution in [3.63, 3.8) is 0 Å². The first kappa shape index (κ1) is 11.7. The summed E-state index contributed by atoms with van der Waals surface area (Å²) in [5.74, 6) is 0. The molecule has 0 amide bonds. The van der Waals surface area contributed by atoms with E-state index in [1.165, 1.54) is 12.8 Å². The molecular weight excluding hydrogens is 174 g/mol. The molecule has 0 aromatic carbocycles. The van der Waals surface area contributed by atoms with Gasteiger partial charge in [0.15, 0.2) is 0 Å². The van der Waals surface area contributed by atoms with Crippen LogP contribution in [-0.2, 0) is 0 Å². The summed E-state index contributed by atoms with van der Waals surface area (Å²) in [6.45, 7) is 5.90. The quantitative estimate of drug-likeness (QED) is 0.662. The first-order valence-corrected chi connectivity index (χ1v) is 5.79. The number of aliphatic hydroxyl groups excluding tert-OH is 1. The maximum absolute atomic E-state index is 9.76. The van der Waals surface area contributed by atoms with Crippen LogP contribution in [0.15, 0.2) is 12.7 Å². The lowest BCUT2D eigenvalue weighted by molar-refractivity contribution is 0.0854. The van der Waals surface area contributed by atoms with E-state index in [0.29, 0.717) is 12.1 Å². The zero-order valence-electron chi connectivity index (χ0n) is 9.21. The van der Waals surface area contributed by atoms with Gasteiger partial charge in [-0.05, 0) is 32.6 Å². The van der Waals surface area contributed by atoms with E-state index < -0.39 is 0 Å². The van der Waals surface area contributed by atoms with Gasteiger partial charge in [-0.25, -0.2) is 0 Å². The molecule has 1 aliphatic rings. The van der Waals surface area contributed by atoms with Crippen LogP contribution in [0.1, 0.15) is 45.4 Å². The van der Waals surface area contributed by atoms with Crippen molar-refractivity contribution in [1.29, 1.82) is 0 Å². The molecule has 3 unspecified atom stereocenters. The minimum absolute atomic E-state index is 0.130. The summed E-state index contributed by atoms with van der Waals surface area (Å²) in [6.07, 6.45) is 8.52. The van der Waals surface area contributed by atoms with E-state index in [1.54, 1.807) is 0 Å². The predicted octanol–water partition coefficient (Wildman–Crippen LogP) is 2.23. The molecule has 0 aliphatic heterocycles. The van der Waals surface area contributed by atoms with Gasteiger partial charge >= 0.3 is 0 Å². The van der Waals surface area contributed by atoms with Crippen LogP contribution in [0.25, 0.3) is 0 Å². The fraction of sp³-hybridized carbons (Fsp3) is 0.833. The summed E-state index contributed by atoms with van der Waals surface area (Å²) in [4.78, 5) is 0. The lowest BCUT2D eigenvalue weighted by atomic mass is 9.92. The Bertz CT molecular complexity index is 170. The SMILES string of the molecule is C=CCCC(C)NC1CCCCC1O. The Morgan fingerprint density at radius 1 is 1.50 bits per heavy atom. The van der Waals surface area contributed by atoms with E-state index in [-0.39, 0.29) is 6.10 Å². The lowest BCUT2D eigenvalue weighted by Crippen LogP contribution is -2.46. The summed E-state index contributed by atoms with van der Waals surface area (Å²) in [5, 5.41) is 13.3. The monoisotopic (exact) mass is 197 g/mol. The third-order valence-corrected chi connectivity index (χ3v) is 3.03. The van der Waals surface area contributed by atoms with Gasteiger partial charge in [0.05, 0.1) is 6.10 Å². The van der Waals surface area contributed by atoms with Crippen LogP contribution in [0.2, 0.25) is 0 Å². The Labute approximate surface area is 87.4 Å². The molecule has 1 aliphatic carbocycles. The van der Waals surface area contributed by atoms with E-state index in [2.05, 4.69) is 18.8 Å². The third kappa shape index (κ3) is 3.81. The maximum Gasteiger partial charge on any atom is 0.0693 e. The molecule has 2 heteroatoms. The number of allylic oxidation sites excluding steroid dienone is 1. The highest BCUT2D eigenvalue weighted by Gasteiger charge is 2.23. The molecule has 14 heavy (non-hydrogen) atoms. The van der Waals surface area contributed by atoms with Gasteiger partial charge in [0.25, 0.3) is 0 Å². The van der Waals surface area contributed by atoms with E-state index in [9.17, 15) is 5.11 Å². The summed E-state index contributed by atoms with van der Waals surface area (Å²) in [6, 6.07) is 0.814. The normalized spacial score (nSPS) is 29.9. The van der Waals surface area contributed by atoms with Crippen LogP contribution in [0, 0.1) is 0 Å². The molecule has 3 atom stereocenters. The Morgan fingerprint density at radius 2 is 2.21 bits per heavy atom. The molecule has 1 saturated carbocycles. The number of hydrogen-bond donors (Lipinski definition) is 2. The predicted molar refractivity (Wildman–Crippen MR) is 60.3 cm³/mol. The van der Waals surface area contributed by atoms with Crippen molar-refractivity contribution < 1.29 is 5.11 Å². The van der Waals surface area contributed by atoms with Crippen LogP contribution < -0.4 is 5.32 Å². The standard InChI is InChI=1S/C12H23NO/c1-3-4-7-10(2)13-11-8-5-6-9-12(11)14/h3,10-14H,1,4-9H2,2H3. The first-order chi connectivity index (χ1) is 6.74. The van der Waals surface area contributed by atoms with Gasteiger partial charge in [-0.15, -0.1) is 6.58 Å². The van der Waals surface area contributed by atoms with Crippen LogP contribution in [0.4, 0.5) is 0 Å². The summed E-state index contributed by atoms with van der Waals surface area (Å²) >= 11 is 0. The highest BCUT2D eigenvalue weighted by atomic mass is 16.3. The van der Waals surface area contributed by atoms with Crippen LogP contribution in [-0.4, -0.2) is 23.3 Å². The second-order valence-corrected chi connectivity index (χ2v) is 4.39. The molecule has 0 aromatic heterocycles. The van der Waals surface area contributed by atoms with Gasteiger partial charge in [0.2, 0.25) is 0 Å². The molecule has 0 radical (unpaired) electrons. The molecule has 1 rings (SSSR count). The van der Waals surface area contributed by atoms with Gasteiger partial charge < -0.3 is 10.4 Å². The number of rotatable bonds is 5. The van der Waals surface area contributed by atoms with Crippen LogP contribution in [0.5, 0.6) is 0 Å². The molecule has 0 spiro atoms. The smallest absolute Gasteiger partial charge is 0.0693 e. The van der Waals surface area contributed by atoms with Gasteiger partial charge in [-0.1, -0.05) is 18.9 Å². The van der Waals surface area contributed by atoms with Crippen LogP contribution in [0.3, 0.4) is 0 Å². The lowest BCUT2D eigenvalue weighted by Gasteiger charge is -2.31. The minimum atomic E-state index is -0.130. The first-order valence-electron chi connectivity index (χ1n) is 5.79. The summed E-state index contributed by atoms with van der Waals surface area (Å²) in [5.41, 5.74) is 0. The molecule has 1 fully saturated rings. The third-order valence-electron chi connectivity index (χ3n) is 3.03. The Kier molecular flexibility index (Phi) is 5.20. The van der Waals surface area contributed by atoms with Crippen molar-refractivity contribution in [3.8, 4) is 0 Å². The zero-order valence-corrected chi connectivity index (χ0v) is 9.21. The second kappa shape index (κ2) is 6.20. The fourth-order valence-electron chi connectivity index (χ4n) is 2.12. The van der Waals surface area contributed by atoms with E-state index in [0.717, 1.165) is 25.7 Å². The molecule has 0 bridgehead atoms. The Balaban J connectivity index is 2.23. The number of nitrogens with one attached hydrogen (secondary N) is 1. The Morgan fingerprint density at radius 3 is 2.86 bits per heavy atom. The average molecular weight is 197 g/mol.